The van der Waals surface area contributed by atoms with Crippen molar-refractivity contribution in [2.75, 3.05) is 40.9 Å². The second-order valence-electron chi connectivity index (χ2n) is 15.0. The van der Waals surface area contributed by atoms with Gasteiger partial charge in [-0.2, -0.15) is 0 Å². The van der Waals surface area contributed by atoms with Crippen LogP contribution in [-0.2, 0) is 18.4 Å². The summed E-state index contributed by atoms with van der Waals surface area (Å²) in [5.74, 6) is -0.235. The number of phosphoric acid groups is 1. The van der Waals surface area contributed by atoms with E-state index in [4.69, 9.17) is 9.05 Å². The predicted molar refractivity (Wildman–Crippen MR) is 221 cm³/mol. The van der Waals surface area contributed by atoms with Crippen LogP contribution in [0.4, 0.5) is 0 Å². The summed E-state index contributed by atoms with van der Waals surface area (Å²) in [5.41, 5.74) is 0. The van der Waals surface area contributed by atoms with Crippen molar-refractivity contribution >= 4 is 13.7 Å². The summed E-state index contributed by atoms with van der Waals surface area (Å²) in [7, 11) is 1.53. The second-order valence-corrected chi connectivity index (χ2v) is 16.5. The Hall–Kier alpha value is -1.80. The van der Waals surface area contributed by atoms with E-state index in [1.54, 1.807) is 6.08 Å². The molecule has 0 aliphatic carbocycles. The lowest BCUT2D eigenvalue weighted by atomic mass is 10.0. The number of amides is 1. The molecular weight excluding hydrogens is 671 g/mol. The number of quaternary nitrogens is 1. The van der Waals surface area contributed by atoms with E-state index in [-0.39, 0.29) is 25.5 Å². The number of carbonyl (C=O) groups excluding carboxylic acids is 1. The molecule has 0 radical (unpaired) electrons. The Morgan fingerprint density at radius 2 is 1.10 bits per heavy atom. The van der Waals surface area contributed by atoms with Gasteiger partial charge in [0.15, 0.2) is 0 Å². The van der Waals surface area contributed by atoms with Crippen LogP contribution >= 0.6 is 7.82 Å². The van der Waals surface area contributed by atoms with Crippen molar-refractivity contribution < 1.29 is 32.9 Å². The van der Waals surface area contributed by atoms with Gasteiger partial charge in [-0.1, -0.05) is 152 Å². The maximum atomic E-state index is 12.8. The molecule has 1 amide bonds. The van der Waals surface area contributed by atoms with Gasteiger partial charge in [0, 0.05) is 6.42 Å². The second kappa shape index (κ2) is 34.9. The Morgan fingerprint density at radius 3 is 1.63 bits per heavy atom. The van der Waals surface area contributed by atoms with Gasteiger partial charge in [-0.25, -0.2) is 4.57 Å². The smallest absolute Gasteiger partial charge is 0.387 e. The van der Waals surface area contributed by atoms with E-state index in [1.807, 2.05) is 27.2 Å². The Labute approximate surface area is 320 Å². The molecule has 1 unspecified atom stereocenters. The van der Waals surface area contributed by atoms with E-state index in [1.165, 1.54) is 83.5 Å². The molecule has 0 saturated carbocycles. The fourth-order valence-electron chi connectivity index (χ4n) is 5.38. The normalized spacial score (nSPS) is 15.1. The quantitative estimate of drug-likeness (QED) is 0.0255. The molecule has 52 heavy (non-hydrogen) atoms. The summed E-state index contributed by atoms with van der Waals surface area (Å²) in [6.07, 6.45) is 44.3. The first-order valence-electron chi connectivity index (χ1n) is 20.7. The Kier molecular flexibility index (Phi) is 33.7. The van der Waals surface area contributed by atoms with Gasteiger partial charge in [-0.15, -0.1) is 0 Å². The highest BCUT2D eigenvalue weighted by atomic mass is 31.2. The molecule has 3 atom stereocenters. The van der Waals surface area contributed by atoms with Crippen LogP contribution < -0.4 is 5.32 Å². The zero-order valence-corrected chi connectivity index (χ0v) is 34.9. The van der Waals surface area contributed by atoms with E-state index in [0.717, 1.165) is 44.9 Å². The third-order valence-electron chi connectivity index (χ3n) is 8.73. The van der Waals surface area contributed by atoms with Crippen molar-refractivity contribution in [1.29, 1.82) is 0 Å². The average Bonchev–Trinajstić information content (AvgIpc) is 3.09. The Morgan fingerprint density at radius 1 is 0.654 bits per heavy atom. The fourth-order valence-corrected chi connectivity index (χ4v) is 6.12. The number of nitrogens with zero attached hydrogens (tertiary/aromatic N) is 1. The molecule has 8 nitrogen and oxygen atoms in total. The van der Waals surface area contributed by atoms with Gasteiger partial charge in [-0.05, 0) is 57.8 Å². The maximum absolute atomic E-state index is 12.8. The number of hydrogen-bond acceptors (Lipinski definition) is 5. The number of aliphatic hydroxyl groups is 1. The highest BCUT2D eigenvalue weighted by Gasteiger charge is 2.27. The molecule has 302 valence electrons. The maximum Gasteiger partial charge on any atom is 0.472 e. The Bertz CT molecular complexity index is 1030. The summed E-state index contributed by atoms with van der Waals surface area (Å²) in [6.45, 7) is 4.71. The molecule has 0 aromatic rings. The van der Waals surface area contributed by atoms with Crippen LogP contribution in [0, 0.1) is 0 Å². The van der Waals surface area contributed by atoms with E-state index >= 15 is 0 Å². The monoisotopic (exact) mass is 752 g/mol. The number of hydrogen-bond donors (Lipinski definition) is 3. The Balaban J connectivity index is 4.61. The molecule has 0 spiro atoms. The minimum atomic E-state index is -4.35. The van der Waals surface area contributed by atoms with Crippen molar-refractivity contribution in [1.82, 2.24) is 5.32 Å². The van der Waals surface area contributed by atoms with Crippen LogP contribution in [0.25, 0.3) is 0 Å². The minimum absolute atomic E-state index is 0.0488. The largest absolute Gasteiger partial charge is 0.472 e. The third kappa shape index (κ3) is 36.6. The lowest BCUT2D eigenvalue weighted by Crippen LogP contribution is -2.45. The molecule has 0 aliphatic rings. The topological polar surface area (TPSA) is 105 Å². The number of nitrogens with one attached hydrogen (secondary N) is 1. The molecule has 0 aromatic carbocycles. The molecule has 0 rings (SSSR count). The summed E-state index contributed by atoms with van der Waals surface area (Å²) in [5, 5.41) is 13.7. The van der Waals surface area contributed by atoms with Crippen LogP contribution in [0.5, 0.6) is 0 Å². The van der Waals surface area contributed by atoms with Crippen molar-refractivity contribution in [2.24, 2.45) is 0 Å². The molecule has 0 aliphatic heterocycles. The average molecular weight is 752 g/mol. The summed E-state index contributed by atoms with van der Waals surface area (Å²) in [4.78, 5) is 23.0. The first-order chi connectivity index (χ1) is 25.0. The molecule has 0 bridgehead atoms. The van der Waals surface area contributed by atoms with Crippen LogP contribution in [0.15, 0.2) is 60.8 Å². The van der Waals surface area contributed by atoms with Gasteiger partial charge < -0.3 is 19.8 Å². The van der Waals surface area contributed by atoms with E-state index < -0.39 is 20.0 Å². The number of phosphoric ester groups is 1. The van der Waals surface area contributed by atoms with Gasteiger partial charge in [0.05, 0.1) is 39.9 Å². The minimum Gasteiger partial charge on any atom is -0.387 e. The fraction of sp³-hybridized carbons (Fsp3) is 0.744. The molecule has 3 N–H and O–H groups in total. The lowest BCUT2D eigenvalue weighted by molar-refractivity contribution is -0.870. The number of allylic oxidation sites excluding steroid dienone is 9. The highest BCUT2D eigenvalue weighted by Crippen LogP contribution is 2.43. The van der Waals surface area contributed by atoms with Gasteiger partial charge in [-0.3, -0.25) is 13.8 Å². The predicted octanol–water partition coefficient (Wildman–Crippen LogP) is 11.1. The van der Waals surface area contributed by atoms with Gasteiger partial charge >= 0.3 is 7.82 Å². The molecule has 0 aromatic heterocycles. The standard InChI is InChI=1S/C43H79N2O6P/c1-6-8-10-12-14-16-18-20-21-22-23-25-27-29-31-33-35-37-43(47)44-41(40-51-52(48,49)50-39-38-45(3,4)5)42(46)36-34-32-30-28-26-24-19-17-15-13-11-9-7-2/h14,16,20-21,23,25,29,31,34,36,41-42,46H,6-13,15,17-19,22,24,26-28,30,32-33,35,37-40H2,1-5H3,(H-,44,47,48,49)/p+1/b16-14-,21-20-,25-23-,31-29-,36-34+/t41-,42+/m0/s1. The number of carbonyl (C=O) groups is 1. The van der Waals surface area contributed by atoms with Gasteiger partial charge in [0.1, 0.15) is 13.2 Å². The first-order valence-corrected chi connectivity index (χ1v) is 22.2. The van der Waals surface area contributed by atoms with E-state index in [2.05, 4.69) is 67.8 Å². The van der Waals surface area contributed by atoms with Crippen molar-refractivity contribution in [2.45, 2.75) is 167 Å². The van der Waals surface area contributed by atoms with Crippen LogP contribution in [0.3, 0.4) is 0 Å². The summed E-state index contributed by atoms with van der Waals surface area (Å²) < 4.78 is 23.5. The van der Waals surface area contributed by atoms with E-state index in [9.17, 15) is 19.4 Å². The van der Waals surface area contributed by atoms with Crippen LogP contribution in [-0.4, -0.2) is 73.4 Å². The van der Waals surface area contributed by atoms with Crippen molar-refractivity contribution in [3.63, 3.8) is 0 Å². The molecule has 9 heteroatoms. The summed E-state index contributed by atoms with van der Waals surface area (Å²) >= 11 is 0. The van der Waals surface area contributed by atoms with Crippen LogP contribution in [0.2, 0.25) is 0 Å². The zero-order valence-electron chi connectivity index (χ0n) is 34.0. The number of rotatable bonds is 36. The van der Waals surface area contributed by atoms with Gasteiger partial charge in [0.2, 0.25) is 5.91 Å². The molecular formula is C43H80N2O6P+. The SMILES string of the molecule is CCCCC/C=C\C/C=C\C/C=C\C/C=C\CCCC(=O)N[C@@H](COP(=O)(O)OCC[N+](C)(C)C)[C@H](O)/C=C/CCCCCCCCCCCCC. The van der Waals surface area contributed by atoms with Gasteiger partial charge in [0.25, 0.3) is 0 Å². The number of aliphatic hydroxyl groups excluding tert-OH is 1. The zero-order chi connectivity index (χ0) is 38.6. The third-order valence-corrected chi connectivity index (χ3v) is 9.72. The first kappa shape index (κ1) is 50.2. The van der Waals surface area contributed by atoms with Crippen LogP contribution in [0.1, 0.15) is 155 Å². The molecule has 0 saturated heterocycles. The molecule has 0 fully saturated rings. The van der Waals surface area contributed by atoms with Crippen molar-refractivity contribution in [3.8, 4) is 0 Å². The highest BCUT2D eigenvalue weighted by molar-refractivity contribution is 7.47. The number of unbranched alkanes of at least 4 members (excludes halogenated alkanes) is 15. The number of likely N-dealkylation sites (N-methyl/N-ethyl adjacent to an activating group) is 1. The lowest BCUT2D eigenvalue weighted by Gasteiger charge is -2.25. The molecule has 0 heterocycles. The van der Waals surface area contributed by atoms with Crippen molar-refractivity contribution in [3.05, 3.63) is 60.8 Å². The summed E-state index contributed by atoms with van der Waals surface area (Å²) in [6, 6.07) is -0.875. The van der Waals surface area contributed by atoms with E-state index in [0.29, 0.717) is 17.4 Å².